The number of benzene rings is 1. The van der Waals surface area contributed by atoms with Gasteiger partial charge in [0.15, 0.2) is 5.58 Å². The number of piperidine rings is 1. The lowest BCUT2D eigenvalue weighted by molar-refractivity contribution is 0.276. The Balaban J connectivity index is 1.58. The summed E-state index contributed by atoms with van der Waals surface area (Å²) < 4.78 is 11.7. The number of nitrogens with zero attached hydrogens (tertiary/aromatic N) is 3. The molecule has 4 heterocycles. The maximum atomic E-state index is 6.23. The van der Waals surface area contributed by atoms with Crippen molar-refractivity contribution in [1.29, 1.82) is 0 Å². The minimum atomic E-state index is 0.537. The normalized spacial score (nSPS) is 23.2. The molecule has 130 valence electrons. The molecular formula is C18H20N4O2S. The fourth-order valence-corrected chi connectivity index (χ4v) is 4.58. The lowest BCUT2D eigenvalue weighted by atomic mass is 9.94. The van der Waals surface area contributed by atoms with Crippen LogP contribution in [-0.2, 0) is 0 Å². The molecule has 3 aromatic rings. The van der Waals surface area contributed by atoms with Crippen LogP contribution in [0.15, 0.2) is 28.1 Å². The molecule has 2 unspecified atom stereocenters. The number of anilines is 1. The average Bonchev–Trinajstić information content (AvgIpc) is 3.30. The highest BCUT2D eigenvalue weighted by Crippen LogP contribution is 2.37. The van der Waals surface area contributed by atoms with Gasteiger partial charge in [0.2, 0.25) is 0 Å². The second-order valence-corrected chi connectivity index (χ2v) is 7.65. The van der Waals surface area contributed by atoms with E-state index in [0.717, 1.165) is 40.5 Å². The summed E-state index contributed by atoms with van der Waals surface area (Å²) in [6.45, 7) is 1.90. The van der Waals surface area contributed by atoms with Crippen LogP contribution in [0, 0.1) is 0 Å². The molecule has 7 heteroatoms. The van der Waals surface area contributed by atoms with Gasteiger partial charge in [0, 0.05) is 42.8 Å². The van der Waals surface area contributed by atoms with Crippen molar-refractivity contribution in [3.8, 4) is 16.3 Å². The van der Waals surface area contributed by atoms with Gasteiger partial charge in [0.25, 0.3) is 6.01 Å². The summed E-state index contributed by atoms with van der Waals surface area (Å²) in [5.74, 6) is 0.773. The summed E-state index contributed by atoms with van der Waals surface area (Å²) in [5, 5.41) is 6.59. The number of methoxy groups -OCH3 is 1. The van der Waals surface area contributed by atoms with Crippen molar-refractivity contribution >= 4 is 28.5 Å². The number of hydrogen-bond acceptors (Lipinski definition) is 7. The second kappa shape index (κ2) is 6.00. The molecule has 6 nitrogen and oxygen atoms in total. The summed E-state index contributed by atoms with van der Waals surface area (Å²) in [4.78, 5) is 11.5. The van der Waals surface area contributed by atoms with Crippen LogP contribution in [0.3, 0.4) is 0 Å². The third kappa shape index (κ3) is 2.67. The van der Waals surface area contributed by atoms with Crippen molar-refractivity contribution < 1.29 is 9.15 Å². The molecular weight excluding hydrogens is 336 g/mol. The van der Waals surface area contributed by atoms with Crippen LogP contribution in [0.2, 0.25) is 0 Å². The Labute approximate surface area is 149 Å². The molecule has 0 aliphatic carbocycles. The molecule has 1 aromatic carbocycles. The van der Waals surface area contributed by atoms with Crippen molar-refractivity contribution in [2.24, 2.45) is 0 Å². The van der Waals surface area contributed by atoms with Crippen LogP contribution in [-0.4, -0.2) is 42.3 Å². The fraction of sp³-hybridized carbons (Fsp3) is 0.444. The van der Waals surface area contributed by atoms with E-state index in [1.165, 1.54) is 19.3 Å². The maximum Gasteiger partial charge on any atom is 0.298 e. The van der Waals surface area contributed by atoms with Crippen LogP contribution in [0.4, 0.5) is 6.01 Å². The molecule has 2 bridgehead atoms. The number of rotatable bonds is 3. The van der Waals surface area contributed by atoms with Crippen LogP contribution in [0.5, 0.6) is 5.75 Å². The zero-order valence-corrected chi connectivity index (χ0v) is 14.9. The van der Waals surface area contributed by atoms with Crippen molar-refractivity contribution in [2.45, 2.75) is 31.3 Å². The van der Waals surface area contributed by atoms with E-state index >= 15 is 0 Å². The molecule has 2 fully saturated rings. The summed E-state index contributed by atoms with van der Waals surface area (Å²) in [5.41, 5.74) is 2.55. The number of fused-ring (bicyclic) bond motifs is 3. The quantitative estimate of drug-likeness (QED) is 0.777. The third-order valence-corrected chi connectivity index (χ3v) is 5.89. The Bertz CT molecular complexity index is 880. The third-order valence-electron chi connectivity index (χ3n) is 5.08. The number of hydrogen-bond donors (Lipinski definition) is 1. The van der Waals surface area contributed by atoms with Gasteiger partial charge in [-0.25, -0.2) is 4.98 Å². The molecule has 0 saturated carbocycles. The Morgan fingerprint density at radius 3 is 2.84 bits per heavy atom. The van der Waals surface area contributed by atoms with E-state index in [4.69, 9.17) is 14.1 Å². The first-order chi connectivity index (χ1) is 12.3. The van der Waals surface area contributed by atoms with E-state index in [-0.39, 0.29) is 0 Å². The first kappa shape index (κ1) is 15.2. The van der Waals surface area contributed by atoms with Gasteiger partial charge in [0.1, 0.15) is 16.3 Å². The SMILES string of the molecule is COc1cc(-c2nccs2)c2oc(N3CC4CCCC(C3)N4)nc2c1. The van der Waals surface area contributed by atoms with Crippen molar-refractivity contribution in [2.75, 3.05) is 25.1 Å². The number of oxazole rings is 1. The van der Waals surface area contributed by atoms with Gasteiger partial charge in [-0.2, -0.15) is 4.98 Å². The van der Waals surface area contributed by atoms with Crippen molar-refractivity contribution in [3.63, 3.8) is 0 Å². The Morgan fingerprint density at radius 2 is 2.12 bits per heavy atom. The van der Waals surface area contributed by atoms with Gasteiger partial charge in [-0.1, -0.05) is 6.42 Å². The molecule has 2 saturated heterocycles. The molecule has 0 amide bonds. The molecule has 2 aliphatic rings. The minimum absolute atomic E-state index is 0.537. The fourth-order valence-electron chi connectivity index (χ4n) is 3.93. The van der Waals surface area contributed by atoms with Crippen molar-refractivity contribution in [3.05, 3.63) is 23.7 Å². The molecule has 0 radical (unpaired) electrons. The van der Waals surface area contributed by atoms with E-state index in [2.05, 4.69) is 15.2 Å². The highest BCUT2D eigenvalue weighted by molar-refractivity contribution is 7.13. The van der Waals surface area contributed by atoms with Gasteiger partial charge < -0.3 is 19.4 Å². The number of ether oxygens (including phenoxy) is 1. The minimum Gasteiger partial charge on any atom is -0.497 e. The molecule has 25 heavy (non-hydrogen) atoms. The average molecular weight is 356 g/mol. The topological polar surface area (TPSA) is 63.4 Å². The highest BCUT2D eigenvalue weighted by Gasteiger charge is 2.32. The van der Waals surface area contributed by atoms with E-state index in [1.807, 2.05) is 17.5 Å². The second-order valence-electron chi connectivity index (χ2n) is 6.75. The molecule has 2 atom stereocenters. The monoisotopic (exact) mass is 356 g/mol. The predicted octanol–water partition coefficient (Wildman–Crippen LogP) is 3.29. The van der Waals surface area contributed by atoms with Crippen LogP contribution in [0.1, 0.15) is 19.3 Å². The van der Waals surface area contributed by atoms with Crippen LogP contribution >= 0.6 is 11.3 Å². The summed E-state index contributed by atoms with van der Waals surface area (Å²) in [7, 11) is 1.67. The molecule has 0 spiro atoms. The maximum absolute atomic E-state index is 6.23. The Morgan fingerprint density at radius 1 is 1.28 bits per heavy atom. The zero-order valence-electron chi connectivity index (χ0n) is 14.1. The largest absolute Gasteiger partial charge is 0.497 e. The lowest BCUT2D eigenvalue weighted by Crippen LogP contribution is -2.58. The summed E-state index contributed by atoms with van der Waals surface area (Å²) >= 11 is 1.59. The smallest absolute Gasteiger partial charge is 0.298 e. The van der Waals surface area contributed by atoms with Crippen LogP contribution in [0.25, 0.3) is 21.7 Å². The van der Waals surface area contributed by atoms with Gasteiger partial charge in [0.05, 0.1) is 12.7 Å². The summed E-state index contributed by atoms with van der Waals surface area (Å²) in [6, 6.07) is 5.69. The number of piperazine rings is 1. The van der Waals surface area contributed by atoms with E-state index < -0.39 is 0 Å². The van der Waals surface area contributed by atoms with Gasteiger partial charge in [-0.05, 0) is 18.9 Å². The molecule has 2 aromatic heterocycles. The Hall–Kier alpha value is -2.12. The number of thiazole rings is 1. The molecule has 1 N–H and O–H groups in total. The van der Waals surface area contributed by atoms with Gasteiger partial charge >= 0.3 is 0 Å². The van der Waals surface area contributed by atoms with E-state index in [9.17, 15) is 0 Å². The van der Waals surface area contributed by atoms with Gasteiger partial charge in [-0.3, -0.25) is 0 Å². The van der Waals surface area contributed by atoms with Gasteiger partial charge in [-0.15, -0.1) is 11.3 Å². The first-order valence-corrected chi connectivity index (χ1v) is 9.57. The predicted molar refractivity (Wildman–Crippen MR) is 98.4 cm³/mol. The van der Waals surface area contributed by atoms with Crippen LogP contribution < -0.4 is 15.0 Å². The zero-order chi connectivity index (χ0) is 16.8. The number of aromatic nitrogens is 2. The van der Waals surface area contributed by atoms with E-state index in [0.29, 0.717) is 18.1 Å². The number of nitrogens with one attached hydrogen (secondary N) is 1. The highest BCUT2D eigenvalue weighted by atomic mass is 32.1. The lowest BCUT2D eigenvalue weighted by Gasteiger charge is -2.41. The molecule has 2 aliphatic heterocycles. The van der Waals surface area contributed by atoms with E-state index in [1.54, 1.807) is 24.6 Å². The molecule has 5 rings (SSSR count). The Kier molecular flexibility index (Phi) is 3.64. The standard InChI is InChI=1S/C18H20N4O2S/c1-23-13-7-14(17-19-5-6-25-17)16-15(8-13)21-18(24-16)22-9-11-3-2-4-12(10-22)20-11/h5-8,11-12,20H,2-4,9-10H2,1H3. The van der Waals surface area contributed by atoms with Crippen molar-refractivity contribution in [1.82, 2.24) is 15.3 Å². The summed E-state index contributed by atoms with van der Waals surface area (Å²) in [6.07, 6.45) is 5.58. The first-order valence-electron chi connectivity index (χ1n) is 8.69.